The summed E-state index contributed by atoms with van der Waals surface area (Å²) in [7, 11) is 1.50. The van der Waals surface area contributed by atoms with E-state index < -0.39 is 0 Å². The van der Waals surface area contributed by atoms with Gasteiger partial charge in [0.05, 0.1) is 17.8 Å². The predicted molar refractivity (Wildman–Crippen MR) is 52.4 cm³/mol. The van der Waals surface area contributed by atoms with Gasteiger partial charge in [-0.25, -0.2) is 0 Å². The SMILES string of the molecule is COc1ccc(C(C)=O)c(Cl)c1N. The lowest BCUT2D eigenvalue weighted by Crippen LogP contribution is -1.99. The molecule has 1 aromatic rings. The number of rotatable bonds is 2. The summed E-state index contributed by atoms with van der Waals surface area (Å²) in [5, 5.41) is 0.256. The molecule has 0 radical (unpaired) electrons. The van der Waals surface area contributed by atoms with E-state index in [0.29, 0.717) is 17.0 Å². The average molecular weight is 200 g/mol. The molecule has 2 N–H and O–H groups in total. The number of carbonyl (C=O) groups excluding carboxylic acids is 1. The number of ether oxygens (including phenoxy) is 1. The van der Waals surface area contributed by atoms with Crippen LogP contribution in [0.15, 0.2) is 12.1 Å². The molecular formula is C9H10ClNO2. The second kappa shape index (κ2) is 3.66. The molecular weight excluding hydrogens is 190 g/mol. The third-order valence-corrected chi connectivity index (χ3v) is 2.15. The summed E-state index contributed by atoms with van der Waals surface area (Å²) in [5.41, 5.74) is 6.34. The van der Waals surface area contributed by atoms with Crippen molar-refractivity contribution in [3.8, 4) is 5.75 Å². The fourth-order valence-electron chi connectivity index (χ4n) is 1.03. The molecule has 0 aliphatic carbocycles. The Labute approximate surface area is 81.4 Å². The van der Waals surface area contributed by atoms with Crippen molar-refractivity contribution in [2.45, 2.75) is 6.92 Å². The van der Waals surface area contributed by atoms with Crippen LogP contribution in [-0.2, 0) is 0 Å². The van der Waals surface area contributed by atoms with Crippen molar-refractivity contribution in [3.63, 3.8) is 0 Å². The molecule has 0 saturated carbocycles. The average Bonchev–Trinajstić information content (AvgIpc) is 2.09. The minimum atomic E-state index is -0.112. The Morgan fingerprint density at radius 3 is 2.62 bits per heavy atom. The highest BCUT2D eigenvalue weighted by Crippen LogP contribution is 2.32. The molecule has 0 fully saturated rings. The lowest BCUT2D eigenvalue weighted by molar-refractivity contribution is 0.101. The van der Waals surface area contributed by atoms with Gasteiger partial charge in [0, 0.05) is 5.56 Å². The van der Waals surface area contributed by atoms with Gasteiger partial charge in [0.1, 0.15) is 5.75 Å². The van der Waals surface area contributed by atoms with Crippen molar-refractivity contribution >= 4 is 23.1 Å². The Hall–Kier alpha value is -1.22. The number of methoxy groups -OCH3 is 1. The molecule has 0 aliphatic rings. The maximum atomic E-state index is 11.0. The maximum Gasteiger partial charge on any atom is 0.161 e. The summed E-state index contributed by atoms with van der Waals surface area (Å²) in [6, 6.07) is 3.22. The number of hydrogen-bond acceptors (Lipinski definition) is 3. The summed E-state index contributed by atoms with van der Waals surface area (Å²) < 4.78 is 4.94. The molecule has 0 bridgehead atoms. The molecule has 0 heterocycles. The lowest BCUT2D eigenvalue weighted by Gasteiger charge is -2.08. The van der Waals surface area contributed by atoms with Crippen molar-refractivity contribution in [2.75, 3.05) is 12.8 Å². The number of nitrogens with two attached hydrogens (primary N) is 1. The topological polar surface area (TPSA) is 52.3 Å². The molecule has 0 atom stereocenters. The van der Waals surface area contributed by atoms with E-state index in [-0.39, 0.29) is 10.8 Å². The zero-order valence-corrected chi connectivity index (χ0v) is 8.18. The predicted octanol–water partition coefficient (Wildman–Crippen LogP) is 2.13. The van der Waals surface area contributed by atoms with E-state index in [1.807, 2.05) is 0 Å². The highest BCUT2D eigenvalue weighted by atomic mass is 35.5. The second-order valence-electron chi connectivity index (χ2n) is 2.60. The van der Waals surface area contributed by atoms with E-state index in [1.54, 1.807) is 12.1 Å². The van der Waals surface area contributed by atoms with Gasteiger partial charge in [-0.2, -0.15) is 0 Å². The monoisotopic (exact) mass is 199 g/mol. The van der Waals surface area contributed by atoms with Crippen molar-refractivity contribution in [2.24, 2.45) is 0 Å². The van der Waals surface area contributed by atoms with Gasteiger partial charge < -0.3 is 10.5 Å². The number of benzene rings is 1. The minimum Gasteiger partial charge on any atom is -0.495 e. The Kier molecular flexibility index (Phi) is 2.78. The maximum absolute atomic E-state index is 11.0. The van der Waals surface area contributed by atoms with Crippen molar-refractivity contribution in [1.29, 1.82) is 0 Å². The molecule has 3 nitrogen and oxygen atoms in total. The van der Waals surface area contributed by atoms with Gasteiger partial charge in [0.25, 0.3) is 0 Å². The Morgan fingerprint density at radius 1 is 1.54 bits per heavy atom. The van der Waals surface area contributed by atoms with E-state index in [4.69, 9.17) is 22.1 Å². The Balaban J connectivity index is 3.31. The molecule has 0 unspecified atom stereocenters. The number of carbonyl (C=O) groups is 1. The van der Waals surface area contributed by atoms with Crippen LogP contribution in [0.1, 0.15) is 17.3 Å². The molecule has 1 aromatic carbocycles. The van der Waals surface area contributed by atoms with Gasteiger partial charge in [-0.15, -0.1) is 0 Å². The summed E-state index contributed by atoms with van der Waals surface area (Å²) in [4.78, 5) is 11.0. The standard InChI is InChI=1S/C9H10ClNO2/c1-5(12)6-3-4-7(13-2)9(11)8(6)10/h3-4H,11H2,1-2H3. The first-order valence-corrected chi connectivity index (χ1v) is 4.08. The number of ketones is 1. The molecule has 0 spiro atoms. The van der Waals surface area contributed by atoms with Crippen LogP contribution >= 0.6 is 11.6 Å². The van der Waals surface area contributed by atoms with E-state index in [0.717, 1.165) is 0 Å². The lowest BCUT2D eigenvalue weighted by atomic mass is 10.1. The molecule has 70 valence electrons. The first-order chi connectivity index (χ1) is 6.07. The van der Waals surface area contributed by atoms with Gasteiger partial charge in [-0.3, -0.25) is 4.79 Å². The third kappa shape index (κ3) is 1.75. The number of hydrogen-bond donors (Lipinski definition) is 1. The summed E-state index contributed by atoms with van der Waals surface area (Å²) >= 11 is 5.85. The number of anilines is 1. The second-order valence-corrected chi connectivity index (χ2v) is 2.98. The van der Waals surface area contributed by atoms with Crippen LogP contribution in [0.5, 0.6) is 5.75 Å². The summed E-state index contributed by atoms with van der Waals surface area (Å²) in [6.45, 7) is 1.44. The van der Waals surface area contributed by atoms with Crippen LogP contribution in [0.2, 0.25) is 5.02 Å². The van der Waals surface area contributed by atoms with E-state index >= 15 is 0 Å². The summed E-state index contributed by atoms with van der Waals surface area (Å²) in [5.74, 6) is 0.370. The van der Waals surface area contributed by atoms with Gasteiger partial charge >= 0.3 is 0 Å². The minimum absolute atomic E-state index is 0.112. The fourth-order valence-corrected chi connectivity index (χ4v) is 1.31. The van der Waals surface area contributed by atoms with Crippen LogP contribution in [0.25, 0.3) is 0 Å². The van der Waals surface area contributed by atoms with Crippen LogP contribution in [0, 0.1) is 0 Å². The first kappa shape index (κ1) is 9.86. The zero-order chi connectivity index (χ0) is 10.0. The van der Waals surface area contributed by atoms with Crippen molar-refractivity contribution in [1.82, 2.24) is 0 Å². The molecule has 4 heteroatoms. The Bertz CT molecular complexity index is 350. The number of Topliss-reactive ketones (excluding diaryl/α,β-unsaturated/α-hetero) is 1. The van der Waals surface area contributed by atoms with Gasteiger partial charge in [0.2, 0.25) is 0 Å². The van der Waals surface area contributed by atoms with Crippen LogP contribution in [-0.4, -0.2) is 12.9 Å². The number of halogens is 1. The largest absolute Gasteiger partial charge is 0.495 e. The summed E-state index contributed by atoms with van der Waals surface area (Å²) in [6.07, 6.45) is 0. The molecule has 0 amide bonds. The third-order valence-electron chi connectivity index (χ3n) is 1.74. The zero-order valence-electron chi connectivity index (χ0n) is 7.43. The molecule has 1 rings (SSSR count). The van der Waals surface area contributed by atoms with Gasteiger partial charge in [0.15, 0.2) is 5.78 Å². The van der Waals surface area contributed by atoms with Gasteiger partial charge in [-0.05, 0) is 19.1 Å². The van der Waals surface area contributed by atoms with Gasteiger partial charge in [-0.1, -0.05) is 11.6 Å². The van der Waals surface area contributed by atoms with E-state index in [9.17, 15) is 4.79 Å². The van der Waals surface area contributed by atoms with E-state index in [1.165, 1.54) is 14.0 Å². The molecule has 0 saturated heterocycles. The van der Waals surface area contributed by atoms with Crippen LogP contribution in [0.3, 0.4) is 0 Å². The highest BCUT2D eigenvalue weighted by molar-refractivity contribution is 6.36. The normalized spacial score (nSPS) is 9.77. The van der Waals surface area contributed by atoms with Crippen LogP contribution in [0.4, 0.5) is 5.69 Å². The number of nitrogen functional groups attached to an aromatic ring is 1. The quantitative estimate of drug-likeness (QED) is 0.587. The van der Waals surface area contributed by atoms with Crippen LogP contribution < -0.4 is 10.5 Å². The van der Waals surface area contributed by atoms with E-state index in [2.05, 4.69) is 0 Å². The van der Waals surface area contributed by atoms with Crippen molar-refractivity contribution < 1.29 is 9.53 Å². The molecule has 0 aliphatic heterocycles. The molecule has 0 aromatic heterocycles. The molecule has 13 heavy (non-hydrogen) atoms. The smallest absolute Gasteiger partial charge is 0.161 e. The fraction of sp³-hybridized carbons (Fsp3) is 0.222. The highest BCUT2D eigenvalue weighted by Gasteiger charge is 2.11. The first-order valence-electron chi connectivity index (χ1n) is 3.70. The van der Waals surface area contributed by atoms with Crippen molar-refractivity contribution in [3.05, 3.63) is 22.7 Å². The Morgan fingerprint density at radius 2 is 2.15 bits per heavy atom.